The van der Waals surface area contributed by atoms with Crippen molar-refractivity contribution in [2.45, 2.75) is 46.0 Å². The van der Waals surface area contributed by atoms with Gasteiger partial charge in [-0.2, -0.15) is 0 Å². The smallest absolute Gasteiger partial charge is 0.228 e. The molecule has 1 heterocycles. The molecule has 0 spiro atoms. The molecular weight excluding hydrogens is 374 g/mol. The third kappa shape index (κ3) is 6.20. The molecule has 160 valence electrons. The molecule has 1 aromatic heterocycles. The highest BCUT2D eigenvalue weighted by Crippen LogP contribution is 2.22. The molecule has 0 radical (unpaired) electrons. The van der Waals surface area contributed by atoms with E-state index in [-0.39, 0.29) is 5.78 Å². The molecule has 0 aliphatic heterocycles. The summed E-state index contributed by atoms with van der Waals surface area (Å²) in [7, 11) is 0. The summed E-state index contributed by atoms with van der Waals surface area (Å²) in [5.74, 6) is 1.05. The van der Waals surface area contributed by atoms with Crippen LogP contribution in [0.3, 0.4) is 0 Å². The molecule has 3 rings (SSSR count). The second-order valence-electron chi connectivity index (χ2n) is 7.75. The first-order chi connectivity index (χ1) is 14.7. The molecule has 0 amide bonds. The van der Waals surface area contributed by atoms with Crippen molar-refractivity contribution in [3.8, 4) is 5.75 Å². The van der Waals surface area contributed by atoms with Gasteiger partial charge in [0.05, 0.1) is 6.61 Å². The zero-order chi connectivity index (χ0) is 21.2. The number of ether oxygens (including phenoxy) is 1. The first kappa shape index (κ1) is 22.1. The molecule has 0 N–H and O–H groups in total. The SMILES string of the molecule is CCCCN(CCCC)CCCOc1ccc(C(=O)c2cc3ccccc3o2)cc1. The number of carbonyl (C=O) groups is 1. The molecule has 0 atom stereocenters. The highest BCUT2D eigenvalue weighted by atomic mass is 16.5. The number of benzene rings is 2. The lowest BCUT2D eigenvalue weighted by molar-refractivity contribution is 0.101. The van der Waals surface area contributed by atoms with Gasteiger partial charge in [0.15, 0.2) is 5.76 Å². The van der Waals surface area contributed by atoms with Crippen LogP contribution in [0.15, 0.2) is 59.0 Å². The molecule has 0 saturated heterocycles. The van der Waals surface area contributed by atoms with Gasteiger partial charge in [-0.3, -0.25) is 4.79 Å². The Morgan fingerprint density at radius 1 is 0.900 bits per heavy atom. The van der Waals surface area contributed by atoms with Crippen molar-refractivity contribution in [3.05, 3.63) is 65.9 Å². The molecule has 3 aromatic rings. The average molecular weight is 408 g/mol. The molecule has 0 unspecified atom stereocenters. The lowest BCUT2D eigenvalue weighted by Gasteiger charge is -2.21. The van der Waals surface area contributed by atoms with Gasteiger partial charge in [0.2, 0.25) is 5.78 Å². The Kier molecular flexibility index (Phi) is 8.52. The van der Waals surface area contributed by atoms with Crippen LogP contribution in [0, 0.1) is 0 Å². The van der Waals surface area contributed by atoms with E-state index in [1.165, 1.54) is 38.8 Å². The van der Waals surface area contributed by atoms with E-state index in [1.807, 2.05) is 36.4 Å². The van der Waals surface area contributed by atoms with Crippen LogP contribution < -0.4 is 4.74 Å². The molecule has 4 nitrogen and oxygen atoms in total. The number of nitrogens with zero attached hydrogens (tertiary/aromatic N) is 1. The Labute approximate surface area is 179 Å². The third-order valence-corrected chi connectivity index (χ3v) is 5.31. The van der Waals surface area contributed by atoms with Crippen molar-refractivity contribution in [1.82, 2.24) is 4.90 Å². The number of fused-ring (bicyclic) bond motifs is 1. The number of rotatable bonds is 13. The summed E-state index contributed by atoms with van der Waals surface area (Å²) in [5.41, 5.74) is 1.33. The highest BCUT2D eigenvalue weighted by molar-refractivity contribution is 6.09. The number of hydrogen-bond donors (Lipinski definition) is 0. The van der Waals surface area contributed by atoms with Crippen LogP contribution in [0.25, 0.3) is 11.0 Å². The third-order valence-electron chi connectivity index (χ3n) is 5.31. The lowest BCUT2D eigenvalue weighted by Crippen LogP contribution is -2.28. The molecule has 0 aliphatic rings. The van der Waals surface area contributed by atoms with Crippen molar-refractivity contribution >= 4 is 16.8 Å². The van der Waals surface area contributed by atoms with Crippen LogP contribution in [0.4, 0.5) is 0 Å². The fourth-order valence-electron chi connectivity index (χ4n) is 3.52. The Hall–Kier alpha value is -2.59. The van der Waals surface area contributed by atoms with E-state index in [0.29, 0.717) is 17.9 Å². The number of carbonyl (C=O) groups excluding carboxylic acids is 1. The van der Waals surface area contributed by atoms with Crippen LogP contribution in [-0.4, -0.2) is 36.9 Å². The summed E-state index contributed by atoms with van der Waals surface area (Å²) in [5, 5.41) is 0.938. The predicted molar refractivity (Wildman–Crippen MR) is 122 cm³/mol. The van der Waals surface area contributed by atoms with Crippen molar-refractivity contribution in [3.63, 3.8) is 0 Å². The molecular formula is C26H33NO3. The van der Waals surface area contributed by atoms with E-state index >= 15 is 0 Å². The van der Waals surface area contributed by atoms with Gasteiger partial charge in [0, 0.05) is 17.5 Å². The Bertz CT molecular complexity index is 872. The van der Waals surface area contributed by atoms with Gasteiger partial charge in [-0.05, 0) is 68.8 Å². The van der Waals surface area contributed by atoms with E-state index in [4.69, 9.17) is 9.15 Å². The van der Waals surface area contributed by atoms with E-state index in [2.05, 4.69) is 18.7 Å². The van der Waals surface area contributed by atoms with Crippen molar-refractivity contribution in [2.24, 2.45) is 0 Å². The second kappa shape index (κ2) is 11.6. The van der Waals surface area contributed by atoms with Crippen LogP contribution >= 0.6 is 0 Å². The number of furan rings is 1. The minimum atomic E-state index is -0.111. The maximum Gasteiger partial charge on any atom is 0.228 e. The Morgan fingerprint density at radius 3 is 2.23 bits per heavy atom. The van der Waals surface area contributed by atoms with Crippen molar-refractivity contribution < 1.29 is 13.9 Å². The van der Waals surface area contributed by atoms with Crippen molar-refractivity contribution in [1.29, 1.82) is 0 Å². The molecule has 4 heteroatoms. The Balaban J connectivity index is 1.48. The van der Waals surface area contributed by atoms with Crippen LogP contribution in [0.5, 0.6) is 5.75 Å². The molecule has 0 aliphatic carbocycles. The lowest BCUT2D eigenvalue weighted by atomic mass is 10.1. The predicted octanol–water partition coefficient (Wildman–Crippen LogP) is 6.33. The molecule has 0 saturated carbocycles. The molecule has 2 aromatic carbocycles. The van der Waals surface area contributed by atoms with Gasteiger partial charge in [-0.1, -0.05) is 44.9 Å². The highest BCUT2D eigenvalue weighted by Gasteiger charge is 2.14. The zero-order valence-corrected chi connectivity index (χ0v) is 18.2. The summed E-state index contributed by atoms with van der Waals surface area (Å²) in [6.07, 6.45) is 5.99. The number of unbranched alkanes of at least 4 members (excludes halogenated alkanes) is 2. The average Bonchev–Trinajstić information content (AvgIpc) is 3.22. The van der Waals surface area contributed by atoms with E-state index in [9.17, 15) is 4.79 Å². The fraction of sp³-hybridized carbons (Fsp3) is 0.423. The zero-order valence-electron chi connectivity index (χ0n) is 18.2. The molecule has 30 heavy (non-hydrogen) atoms. The summed E-state index contributed by atoms with van der Waals surface area (Å²) in [4.78, 5) is 15.2. The van der Waals surface area contributed by atoms with Gasteiger partial charge >= 0.3 is 0 Å². The minimum absolute atomic E-state index is 0.111. The fourth-order valence-corrected chi connectivity index (χ4v) is 3.52. The monoisotopic (exact) mass is 407 g/mol. The van der Waals surface area contributed by atoms with Gasteiger partial charge in [0.25, 0.3) is 0 Å². The first-order valence-electron chi connectivity index (χ1n) is 11.2. The van der Waals surface area contributed by atoms with Crippen LogP contribution in [0.2, 0.25) is 0 Å². The summed E-state index contributed by atoms with van der Waals surface area (Å²) in [6, 6.07) is 16.8. The van der Waals surface area contributed by atoms with Gasteiger partial charge < -0.3 is 14.1 Å². The van der Waals surface area contributed by atoms with Crippen molar-refractivity contribution in [2.75, 3.05) is 26.2 Å². The van der Waals surface area contributed by atoms with Gasteiger partial charge in [0.1, 0.15) is 11.3 Å². The van der Waals surface area contributed by atoms with Gasteiger partial charge in [-0.15, -0.1) is 0 Å². The number of hydrogen-bond acceptors (Lipinski definition) is 4. The summed E-state index contributed by atoms with van der Waals surface area (Å²) < 4.78 is 11.6. The standard InChI is InChI=1S/C26H33NO3/c1-3-5-16-27(17-6-4-2)18-9-19-29-23-14-12-21(13-15-23)26(28)25-20-22-10-7-8-11-24(22)30-25/h7-8,10-15,20H,3-6,9,16-19H2,1-2H3. The topological polar surface area (TPSA) is 42.7 Å². The normalized spacial score (nSPS) is 11.3. The second-order valence-corrected chi connectivity index (χ2v) is 7.75. The first-order valence-corrected chi connectivity index (χ1v) is 11.2. The number of para-hydroxylation sites is 1. The molecule has 0 bridgehead atoms. The Morgan fingerprint density at radius 2 is 1.57 bits per heavy atom. The molecule has 0 fully saturated rings. The van der Waals surface area contributed by atoms with Crippen LogP contribution in [0.1, 0.15) is 62.1 Å². The van der Waals surface area contributed by atoms with E-state index < -0.39 is 0 Å². The minimum Gasteiger partial charge on any atom is -0.494 e. The largest absolute Gasteiger partial charge is 0.494 e. The maximum atomic E-state index is 12.7. The van der Waals surface area contributed by atoms with Gasteiger partial charge in [-0.25, -0.2) is 0 Å². The van der Waals surface area contributed by atoms with E-state index in [0.717, 1.165) is 29.7 Å². The quantitative estimate of drug-likeness (QED) is 0.245. The van der Waals surface area contributed by atoms with E-state index in [1.54, 1.807) is 18.2 Å². The maximum absolute atomic E-state index is 12.7. The summed E-state index contributed by atoms with van der Waals surface area (Å²) in [6.45, 7) is 8.59. The van der Waals surface area contributed by atoms with Crippen LogP contribution in [-0.2, 0) is 0 Å². The number of ketones is 1. The summed E-state index contributed by atoms with van der Waals surface area (Å²) >= 11 is 0.